The number of nitrogens with zero attached hydrogens (tertiary/aromatic N) is 2. The molecule has 2 aromatic carbocycles. The molecule has 1 aromatic heterocycles. The van der Waals surface area contributed by atoms with Gasteiger partial charge in [-0.3, -0.25) is 9.59 Å². The van der Waals surface area contributed by atoms with E-state index in [0.717, 1.165) is 15.2 Å². The Bertz CT molecular complexity index is 1090. The van der Waals surface area contributed by atoms with Gasteiger partial charge in [0.25, 0.3) is 5.91 Å². The van der Waals surface area contributed by atoms with Crippen LogP contribution >= 0.6 is 11.3 Å². The van der Waals surface area contributed by atoms with E-state index in [9.17, 15) is 9.59 Å². The van der Waals surface area contributed by atoms with E-state index in [1.54, 1.807) is 22.3 Å². The minimum atomic E-state index is -0.605. The zero-order valence-electron chi connectivity index (χ0n) is 14.9. The Balaban J connectivity index is 1.40. The lowest BCUT2D eigenvalue weighted by molar-refractivity contribution is 0.0428. The monoisotopic (exact) mass is 378 g/mol. The van der Waals surface area contributed by atoms with Gasteiger partial charge in [0.05, 0.1) is 33.8 Å². The molecule has 0 bridgehead atoms. The van der Waals surface area contributed by atoms with Gasteiger partial charge in [0, 0.05) is 18.5 Å². The summed E-state index contributed by atoms with van der Waals surface area (Å²) in [5.74, 6) is 0.701. The summed E-state index contributed by atoms with van der Waals surface area (Å²) in [5, 5.41) is 0.988. The van der Waals surface area contributed by atoms with E-state index in [-0.39, 0.29) is 11.7 Å². The number of para-hydroxylation sites is 1. The van der Waals surface area contributed by atoms with Gasteiger partial charge in [0.1, 0.15) is 11.4 Å². The number of hydrogen-bond acceptors (Lipinski definition) is 5. The maximum Gasteiger partial charge on any atom is 0.254 e. The van der Waals surface area contributed by atoms with Gasteiger partial charge in [-0.15, -0.1) is 11.3 Å². The highest BCUT2D eigenvalue weighted by Crippen LogP contribution is 2.39. The van der Waals surface area contributed by atoms with Gasteiger partial charge in [-0.1, -0.05) is 12.1 Å². The van der Waals surface area contributed by atoms with Crippen molar-refractivity contribution in [3.8, 4) is 5.75 Å². The largest absolute Gasteiger partial charge is 0.484 e. The molecule has 1 spiro atoms. The summed E-state index contributed by atoms with van der Waals surface area (Å²) in [6.07, 6.45) is 0.988. The molecular formula is C21H18N2O3S. The number of fused-ring (bicyclic) bond motifs is 2. The summed E-state index contributed by atoms with van der Waals surface area (Å²) in [7, 11) is 0. The summed E-state index contributed by atoms with van der Waals surface area (Å²) in [4.78, 5) is 31.8. The number of Topliss-reactive ketones (excluding diaryl/α,β-unsaturated/α-hetero) is 1. The predicted octanol–water partition coefficient (Wildman–Crippen LogP) is 3.85. The number of ether oxygens (including phenoxy) is 1. The summed E-state index contributed by atoms with van der Waals surface area (Å²) in [6, 6.07) is 13.0. The number of thiazole rings is 1. The van der Waals surface area contributed by atoms with Crippen LogP contribution in [-0.4, -0.2) is 40.3 Å². The number of carbonyl (C=O) groups is 2. The molecule has 1 amide bonds. The highest BCUT2D eigenvalue weighted by atomic mass is 32.1. The minimum Gasteiger partial charge on any atom is -0.484 e. The van der Waals surface area contributed by atoms with Crippen LogP contribution in [0.3, 0.4) is 0 Å². The van der Waals surface area contributed by atoms with Gasteiger partial charge in [-0.25, -0.2) is 4.98 Å². The first-order valence-electron chi connectivity index (χ1n) is 9.01. The van der Waals surface area contributed by atoms with Crippen LogP contribution in [0.1, 0.15) is 38.6 Å². The molecule has 5 rings (SSSR count). The molecule has 0 radical (unpaired) electrons. The Kier molecular flexibility index (Phi) is 3.59. The molecule has 1 unspecified atom stereocenters. The molecule has 136 valence electrons. The quantitative estimate of drug-likeness (QED) is 0.645. The number of aromatic nitrogens is 1. The Morgan fingerprint density at radius 2 is 2.11 bits per heavy atom. The Hall–Kier alpha value is -2.73. The van der Waals surface area contributed by atoms with E-state index < -0.39 is 5.60 Å². The Morgan fingerprint density at radius 1 is 1.26 bits per heavy atom. The van der Waals surface area contributed by atoms with Crippen LogP contribution in [-0.2, 0) is 0 Å². The van der Waals surface area contributed by atoms with Crippen molar-refractivity contribution in [2.24, 2.45) is 0 Å². The van der Waals surface area contributed by atoms with Crippen molar-refractivity contribution in [3.63, 3.8) is 0 Å². The highest BCUT2D eigenvalue weighted by Gasteiger charge is 2.47. The minimum absolute atomic E-state index is 0.0188. The molecule has 0 saturated carbocycles. The maximum absolute atomic E-state index is 13.0. The summed E-state index contributed by atoms with van der Waals surface area (Å²) >= 11 is 1.59. The number of benzene rings is 2. The van der Waals surface area contributed by atoms with Crippen LogP contribution in [0.2, 0.25) is 0 Å². The average molecular weight is 378 g/mol. The van der Waals surface area contributed by atoms with Crippen LogP contribution in [0.25, 0.3) is 10.2 Å². The van der Waals surface area contributed by atoms with Crippen molar-refractivity contribution in [1.82, 2.24) is 9.88 Å². The number of rotatable bonds is 1. The van der Waals surface area contributed by atoms with Crippen LogP contribution < -0.4 is 4.74 Å². The summed E-state index contributed by atoms with van der Waals surface area (Å²) < 4.78 is 7.24. The fourth-order valence-electron chi connectivity index (χ4n) is 4.04. The van der Waals surface area contributed by atoms with E-state index in [4.69, 9.17) is 4.74 Å². The molecule has 2 aliphatic rings. The lowest BCUT2D eigenvalue weighted by Gasteiger charge is -2.34. The Morgan fingerprint density at radius 3 is 3.00 bits per heavy atom. The van der Waals surface area contributed by atoms with Crippen molar-refractivity contribution in [3.05, 3.63) is 58.6 Å². The molecule has 5 nitrogen and oxygen atoms in total. The van der Waals surface area contributed by atoms with Crippen LogP contribution in [0.15, 0.2) is 42.5 Å². The first-order chi connectivity index (χ1) is 13.0. The summed E-state index contributed by atoms with van der Waals surface area (Å²) in [5.41, 5.74) is 1.61. The van der Waals surface area contributed by atoms with Crippen molar-refractivity contribution >= 4 is 33.2 Å². The molecule has 1 fully saturated rings. The Labute approximate surface area is 160 Å². The van der Waals surface area contributed by atoms with Crippen LogP contribution in [0.5, 0.6) is 5.75 Å². The topological polar surface area (TPSA) is 59.5 Å². The van der Waals surface area contributed by atoms with Crippen molar-refractivity contribution in [2.75, 3.05) is 13.1 Å². The maximum atomic E-state index is 13.0. The zero-order chi connectivity index (χ0) is 18.6. The molecule has 1 saturated heterocycles. The molecule has 2 aliphatic heterocycles. The van der Waals surface area contributed by atoms with Crippen LogP contribution in [0.4, 0.5) is 0 Å². The summed E-state index contributed by atoms with van der Waals surface area (Å²) in [6.45, 7) is 2.99. The van der Waals surface area contributed by atoms with Crippen molar-refractivity contribution in [1.29, 1.82) is 0 Å². The SMILES string of the molecule is Cc1nc2ccc(C(=O)N3CCC4(CC(=O)c5ccccc5O4)C3)cc2s1. The number of amides is 1. The number of hydrogen-bond donors (Lipinski definition) is 0. The van der Waals surface area contributed by atoms with Gasteiger partial charge < -0.3 is 9.64 Å². The standard InChI is InChI=1S/C21H18N2O3S/c1-13-22-16-7-6-14(10-19(16)27-13)20(25)23-9-8-21(12-23)11-17(24)15-4-2-3-5-18(15)26-21/h2-7,10H,8-9,11-12H2,1H3. The lowest BCUT2D eigenvalue weighted by Crippen LogP contribution is -2.45. The number of aryl methyl sites for hydroxylation is 1. The number of carbonyl (C=O) groups excluding carboxylic acids is 2. The molecule has 3 aromatic rings. The van der Waals surface area contributed by atoms with Crippen LogP contribution in [0, 0.1) is 6.92 Å². The molecular weight excluding hydrogens is 360 g/mol. The van der Waals surface area contributed by atoms with Crippen molar-refractivity contribution < 1.29 is 14.3 Å². The van der Waals surface area contributed by atoms with Gasteiger partial charge >= 0.3 is 0 Å². The first-order valence-corrected chi connectivity index (χ1v) is 9.82. The van der Waals surface area contributed by atoms with Gasteiger partial charge in [0.2, 0.25) is 0 Å². The van der Waals surface area contributed by atoms with E-state index in [1.165, 1.54) is 0 Å². The highest BCUT2D eigenvalue weighted by molar-refractivity contribution is 7.18. The lowest BCUT2D eigenvalue weighted by atomic mass is 9.89. The van der Waals surface area contributed by atoms with E-state index >= 15 is 0 Å². The van der Waals surface area contributed by atoms with Gasteiger partial charge in [-0.05, 0) is 37.3 Å². The molecule has 6 heteroatoms. The predicted molar refractivity (Wildman–Crippen MR) is 104 cm³/mol. The molecule has 0 aliphatic carbocycles. The van der Waals surface area contributed by atoms with Gasteiger partial charge in [0.15, 0.2) is 5.78 Å². The van der Waals surface area contributed by atoms with E-state index in [2.05, 4.69) is 4.98 Å². The zero-order valence-corrected chi connectivity index (χ0v) is 15.7. The second-order valence-electron chi connectivity index (χ2n) is 7.27. The fourth-order valence-corrected chi connectivity index (χ4v) is 4.91. The normalized spacial score (nSPS) is 21.5. The number of likely N-dealkylation sites (tertiary alicyclic amines) is 1. The fraction of sp³-hybridized carbons (Fsp3) is 0.286. The second-order valence-corrected chi connectivity index (χ2v) is 8.51. The third-order valence-corrected chi connectivity index (χ3v) is 6.28. The van der Waals surface area contributed by atoms with Crippen molar-refractivity contribution in [2.45, 2.75) is 25.4 Å². The molecule has 0 N–H and O–H groups in total. The second kappa shape index (κ2) is 5.89. The molecule has 1 atom stereocenters. The first kappa shape index (κ1) is 16.4. The smallest absolute Gasteiger partial charge is 0.254 e. The third-order valence-electron chi connectivity index (χ3n) is 5.34. The third kappa shape index (κ3) is 2.72. The van der Waals surface area contributed by atoms with Gasteiger partial charge in [-0.2, -0.15) is 0 Å². The molecule has 3 heterocycles. The van der Waals surface area contributed by atoms with E-state index in [0.29, 0.717) is 42.8 Å². The molecule has 27 heavy (non-hydrogen) atoms. The number of ketones is 1. The van der Waals surface area contributed by atoms with E-state index in [1.807, 2.05) is 43.3 Å². The average Bonchev–Trinajstić information content (AvgIpc) is 3.23.